The van der Waals surface area contributed by atoms with Gasteiger partial charge in [-0.1, -0.05) is 30.3 Å². The Morgan fingerprint density at radius 2 is 1.81 bits per heavy atom. The lowest BCUT2D eigenvalue weighted by atomic mass is 10.1. The summed E-state index contributed by atoms with van der Waals surface area (Å²) in [6, 6.07) is 13.7. The maximum Gasteiger partial charge on any atom is 0.412 e. The second-order valence-corrected chi connectivity index (χ2v) is 9.84. The van der Waals surface area contributed by atoms with E-state index in [4.69, 9.17) is 4.74 Å². The molecule has 0 unspecified atom stereocenters. The van der Waals surface area contributed by atoms with Crippen molar-refractivity contribution in [3.63, 3.8) is 0 Å². The Kier molecular flexibility index (Phi) is 8.54. The van der Waals surface area contributed by atoms with Gasteiger partial charge in [0.1, 0.15) is 17.9 Å². The maximum atomic E-state index is 13.3. The van der Waals surface area contributed by atoms with Crippen LogP contribution in [-0.2, 0) is 22.6 Å². The van der Waals surface area contributed by atoms with E-state index in [1.807, 2.05) is 44.2 Å². The molecule has 37 heavy (non-hydrogen) atoms. The van der Waals surface area contributed by atoms with Crippen LogP contribution >= 0.6 is 0 Å². The number of hydrogen-bond acceptors (Lipinski definition) is 7. The van der Waals surface area contributed by atoms with Crippen molar-refractivity contribution < 1.29 is 19.4 Å². The van der Waals surface area contributed by atoms with E-state index < -0.39 is 17.3 Å². The first-order valence-electron chi connectivity index (χ1n) is 11.9. The topological polar surface area (TPSA) is 135 Å². The average Bonchev–Trinajstić information content (AvgIpc) is 2.79. The third kappa shape index (κ3) is 8.09. The fraction of sp³-hybridized carbons (Fsp3) is 0.333. The summed E-state index contributed by atoms with van der Waals surface area (Å²) in [5.74, 6) is -0.427. The molecule has 0 saturated carbocycles. The number of hydrogen-bond donors (Lipinski definition) is 4. The van der Waals surface area contributed by atoms with Gasteiger partial charge in [-0.2, -0.15) is 0 Å². The molecule has 1 aromatic heterocycles. The molecule has 1 heterocycles. The van der Waals surface area contributed by atoms with Gasteiger partial charge in [-0.05, 0) is 52.3 Å². The summed E-state index contributed by atoms with van der Waals surface area (Å²) in [4.78, 5) is 42.7. The van der Waals surface area contributed by atoms with E-state index in [1.165, 1.54) is 22.9 Å². The van der Waals surface area contributed by atoms with Crippen molar-refractivity contribution in [2.24, 2.45) is 0 Å². The molecule has 0 aliphatic carbocycles. The zero-order chi connectivity index (χ0) is 27.2. The number of carbonyl (C=O) groups is 2. The molecule has 0 spiro atoms. The molecular formula is C27H33N5O5. The van der Waals surface area contributed by atoms with E-state index in [9.17, 15) is 19.5 Å². The van der Waals surface area contributed by atoms with Crippen molar-refractivity contribution in [3.8, 4) is 17.0 Å². The van der Waals surface area contributed by atoms with Crippen LogP contribution < -0.4 is 21.5 Å². The molecular weight excluding hydrogens is 474 g/mol. The second-order valence-electron chi connectivity index (χ2n) is 9.84. The molecule has 0 aliphatic rings. The minimum Gasteiger partial charge on any atom is -0.508 e. The number of nitrogens with zero attached hydrogens (tertiary/aromatic N) is 2. The lowest BCUT2D eigenvalue weighted by Gasteiger charge is -2.20. The van der Waals surface area contributed by atoms with E-state index in [2.05, 4.69) is 20.9 Å². The number of aromatic nitrogens is 2. The van der Waals surface area contributed by atoms with Crippen LogP contribution in [0.1, 0.15) is 40.2 Å². The number of amides is 2. The number of benzene rings is 2. The first kappa shape index (κ1) is 27.3. The van der Waals surface area contributed by atoms with Crippen molar-refractivity contribution in [1.29, 1.82) is 0 Å². The fourth-order valence-corrected chi connectivity index (χ4v) is 3.50. The summed E-state index contributed by atoms with van der Waals surface area (Å²) in [5, 5.41) is 18.7. The Labute approximate surface area is 215 Å². The van der Waals surface area contributed by atoms with Gasteiger partial charge in [-0.3, -0.25) is 19.5 Å². The Bertz CT molecular complexity index is 1310. The van der Waals surface area contributed by atoms with E-state index >= 15 is 0 Å². The van der Waals surface area contributed by atoms with Gasteiger partial charge in [0.25, 0.3) is 5.56 Å². The lowest BCUT2D eigenvalue weighted by molar-refractivity contribution is -0.121. The molecule has 2 aromatic carbocycles. The van der Waals surface area contributed by atoms with Crippen molar-refractivity contribution in [2.75, 3.05) is 10.6 Å². The lowest BCUT2D eigenvalue weighted by Crippen LogP contribution is -2.35. The SMILES string of the molecule is CC(C)Nc1ncc(-c2cc(O)cc(NC(=O)OC(C)(C)C)c2)n(CC(=O)NCc2ccccc2)c1=O. The van der Waals surface area contributed by atoms with Gasteiger partial charge in [0, 0.05) is 29.9 Å². The van der Waals surface area contributed by atoms with Crippen molar-refractivity contribution in [2.45, 2.75) is 59.4 Å². The zero-order valence-corrected chi connectivity index (χ0v) is 21.7. The highest BCUT2D eigenvalue weighted by molar-refractivity contribution is 5.86. The number of nitrogens with one attached hydrogen (secondary N) is 3. The monoisotopic (exact) mass is 507 g/mol. The van der Waals surface area contributed by atoms with Crippen LogP contribution in [0.2, 0.25) is 0 Å². The number of phenolic OH excluding ortho intramolecular Hbond substituents is 1. The van der Waals surface area contributed by atoms with E-state index in [1.54, 1.807) is 26.8 Å². The van der Waals surface area contributed by atoms with Gasteiger partial charge < -0.3 is 20.5 Å². The van der Waals surface area contributed by atoms with Gasteiger partial charge in [0.15, 0.2) is 5.82 Å². The van der Waals surface area contributed by atoms with Crippen LogP contribution in [0.25, 0.3) is 11.3 Å². The molecule has 0 fully saturated rings. The molecule has 2 amide bonds. The molecule has 0 atom stereocenters. The average molecular weight is 508 g/mol. The first-order valence-corrected chi connectivity index (χ1v) is 11.9. The van der Waals surface area contributed by atoms with E-state index in [0.717, 1.165) is 5.56 Å². The van der Waals surface area contributed by atoms with Gasteiger partial charge in [-0.25, -0.2) is 9.78 Å². The Balaban J connectivity index is 1.95. The molecule has 0 aliphatic heterocycles. The number of aromatic hydroxyl groups is 1. The Hall–Kier alpha value is -4.34. The number of ether oxygens (including phenoxy) is 1. The van der Waals surface area contributed by atoms with Gasteiger partial charge in [0.2, 0.25) is 5.91 Å². The zero-order valence-electron chi connectivity index (χ0n) is 21.7. The Morgan fingerprint density at radius 1 is 1.11 bits per heavy atom. The third-order valence-electron chi connectivity index (χ3n) is 4.97. The number of rotatable bonds is 8. The smallest absolute Gasteiger partial charge is 0.412 e. The highest BCUT2D eigenvalue weighted by Crippen LogP contribution is 2.28. The minimum atomic E-state index is -0.708. The summed E-state index contributed by atoms with van der Waals surface area (Å²) in [5.41, 5.74) is 0.638. The maximum absolute atomic E-state index is 13.3. The minimum absolute atomic E-state index is 0.0585. The van der Waals surface area contributed by atoms with Crippen LogP contribution in [0, 0.1) is 0 Å². The van der Waals surface area contributed by atoms with Crippen LogP contribution in [0.15, 0.2) is 59.5 Å². The third-order valence-corrected chi connectivity index (χ3v) is 4.97. The molecule has 0 radical (unpaired) electrons. The van der Waals surface area contributed by atoms with Crippen LogP contribution in [0.4, 0.5) is 16.3 Å². The molecule has 10 nitrogen and oxygen atoms in total. The van der Waals surface area contributed by atoms with Crippen molar-refractivity contribution >= 4 is 23.5 Å². The molecule has 0 bridgehead atoms. The van der Waals surface area contributed by atoms with Gasteiger partial charge in [-0.15, -0.1) is 0 Å². The van der Waals surface area contributed by atoms with Gasteiger partial charge in [0.05, 0.1) is 11.9 Å². The van der Waals surface area contributed by atoms with Crippen LogP contribution in [0.3, 0.4) is 0 Å². The second kappa shape index (κ2) is 11.6. The number of carbonyl (C=O) groups excluding carboxylic acids is 2. The van der Waals surface area contributed by atoms with Crippen molar-refractivity contribution in [1.82, 2.24) is 14.9 Å². The summed E-state index contributed by atoms with van der Waals surface area (Å²) < 4.78 is 6.56. The molecule has 4 N–H and O–H groups in total. The van der Waals surface area contributed by atoms with Crippen LogP contribution in [0.5, 0.6) is 5.75 Å². The highest BCUT2D eigenvalue weighted by Gasteiger charge is 2.19. The standard InChI is InChI=1S/C27H33N5O5/c1-17(2)30-24-25(35)32(16-23(34)28-14-18-9-7-6-8-10-18)22(15-29-24)19-11-20(13-21(33)12-19)31-26(36)37-27(3,4)5/h6-13,15,17,33H,14,16H2,1-5H3,(H,28,34)(H,29,30)(H,31,36). The molecule has 10 heteroatoms. The summed E-state index contributed by atoms with van der Waals surface area (Å²) in [6.07, 6.45) is 0.749. The molecule has 196 valence electrons. The molecule has 0 saturated heterocycles. The number of anilines is 2. The first-order chi connectivity index (χ1) is 17.4. The number of phenols is 1. The normalized spacial score (nSPS) is 11.2. The Morgan fingerprint density at radius 3 is 2.46 bits per heavy atom. The fourth-order valence-electron chi connectivity index (χ4n) is 3.50. The predicted molar refractivity (Wildman–Crippen MR) is 143 cm³/mol. The van der Waals surface area contributed by atoms with Crippen molar-refractivity contribution in [3.05, 3.63) is 70.6 Å². The van der Waals surface area contributed by atoms with E-state index in [-0.39, 0.29) is 41.4 Å². The molecule has 3 aromatic rings. The summed E-state index contributed by atoms with van der Waals surface area (Å²) >= 11 is 0. The van der Waals surface area contributed by atoms with Gasteiger partial charge >= 0.3 is 6.09 Å². The quantitative estimate of drug-likeness (QED) is 0.361. The largest absolute Gasteiger partial charge is 0.508 e. The predicted octanol–water partition coefficient (Wildman–Crippen LogP) is 4.10. The molecule has 3 rings (SSSR count). The summed E-state index contributed by atoms with van der Waals surface area (Å²) in [7, 11) is 0. The summed E-state index contributed by atoms with van der Waals surface area (Å²) in [6.45, 7) is 8.98. The van der Waals surface area contributed by atoms with E-state index in [0.29, 0.717) is 12.1 Å². The van der Waals surface area contributed by atoms with Crippen LogP contribution in [-0.4, -0.2) is 38.3 Å². The highest BCUT2D eigenvalue weighted by atomic mass is 16.6.